The van der Waals surface area contributed by atoms with Gasteiger partial charge in [-0.2, -0.15) is 0 Å². The van der Waals surface area contributed by atoms with Gasteiger partial charge in [-0.15, -0.1) is 0 Å². The fourth-order valence-electron chi connectivity index (χ4n) is 2.44. The van der Waals surface area contributed by atoms with Gasteiger partial charge in [-0.05, 0) is 12.0 Å². The largest absolute Gasteiger partial charge is 0.478 e. The summed E-state index contributed by atoms with van der Waals surface area (Å²) in [5.41, 5.74) is 0.230. The lowest BCUT2D eigenvalue weighted by atomic mass is 10.2. The van der Waals surface area contributed by atoms with Crippen LogP contribution in [0.25, 0.3) is 0 Å². The van der Waals surface area contributed by atoms with E-state index in [9.17, 15) is 4.79 Å². The van der Waals surface area contributed by atoms with Crippen molar-refractivity contribution in [3.8, 4) is 0 Å². The predicted molar refractivity (Wildman–Crippen MR) is 72.2 cm³/mol. The molecule has 0 radical (unpaired) electrons. The minimum absolute atomic E-state index is 0.230. The van der Waals surface area contributed by atoms with Crippen LogP contribution < -0.4 is 0 Å². The zero-order chi connectivity index (χ0) is 13.8. The third-order valence-electron chi connectivity index (χ3n) is 3.37. The molecule has 2 rings (SSSR count). The lowest BCUT2D eigenvalue weighted by Crippen LogP contribution is -2.46. The molecule has 0 aromatic carbocycles. The van der Waals surface area contributed by atoms with Crippen molar-refractivity contribution in [2.45, 2.75) is 20.4 Å². The molecule has 5 nitrogen and oxygen atoms in total. The zero-order valence-electron chi connectivity index (χ0n) is 11.6. The van der Waals surface area contributed by atoms with Gasteiger partial charge in [0.15, 0.2) is 0 Å². The minimum atomic E-state index is -0.934. The quantitative estimate of drug-likeness (QED) is 0.880. The number of piperazine rings is 1. The first-order chi connectivity index (χ1) is 9.04. The highest BCUT2D eigenvalue weighted by Gasteiger charge is 2.19. The lowest BCUT2D eigenvalue weighted by molar-refractivity contribution is 0.0696. The standard InChI is InChI=1S/C14H22N2O3/c1-11(2)8-15-3-5-16(6-4-15)9-13-7-12(10-19-13)14(17)18/h7,10-11H,3-6,8-9H2,1-2H3,(H,17,18). The lowest BCUT2D eigenvalue weighted by Gasteiger charge is -2.35. The molecule has 0 bridgehead atoms. The maximum Gasteiger partial charge on any atom is 0.338 e. The number of hydrogen-bond donors (Lipinski definition) is 1. The van der Waals surface area contributed by atoms with E-state index >= 15 is 0 Å². The summed E-state index contributed by atoms with van der Waals surface area (Å²) < 4.78 is 5.28. The van der Waals surface area contributed by atoms with Crippen molar-refractivity contribution in [3.05, 3.63) is 23.7 Å². The van der Waals surface area contributed by atoms with Crippen LogP contribution in [0.1, 0.15) is 30.0 Å². The Morgan fingerprint density at radius 1 is 1.32 bits per heavy atom. The van der Waals surface area contributed by atoms with Crippen molar-refractivity contribution in [2.24, 2.45) is 5.92 Å². The first-order valence-corrected chi connectivity index (χ1v) is 6.80. The topological polar surface area (TPSA) is 56.9 Å². The smallest absolute Gasteiger partial charge is 0.338 e. The number of rotatable bonds is 5. The Balaban J connectivity index is 1.80. The Kier molecular flexibility index (Phi) is 4.61. The van der Waals surface area contributed by atoms with E-state index in [2.05, 4.69) is 23.6 Å². The monoisotopic (exact) mass is 266 g/mol. The summed E-state index contributed by atoms with van der Waals surface area (Å²) in [6.45, 7) is 10.5. The van der Waals surface area contributed by atoms with Gasteiger partial charge >= 0.3 is 5.97 Å². The Bertz CT molecular complexity index is 420. The Morgan fingerprint density at radius 3 is 2.47 bits per heavy atom. The minimum Gasteiger partial charge on any atom is -0.478 e. The van der Waals surface area contributed by atoms with Crippen LogP contribution >= 0.6 is 0 Å². The van der Waals surface area contributed by atoms with E-state index in [4.69, 9.17) is 9.52 Å². The number of hydrogen-bond acceptors (Lipinski definition) is 4. The summed E-state index contributed by atoms with van der Waals surface area (Å²) in [4.78, 5) is 15.6. The highest BCUT2D eigenvalue weighted by molar-refractivity contribution is 5.87. The molecule has 0 atom stereocenters. The van der Waals surface area contributed by atoms with Crippen molar-refractivity contribution in [1.82, 2.24) is 9.80 Å². The number of furan rings is 1. The van der Waals surface area contributed by atoms with Crippen LogP contribution in [0, 0.1) is 5.92 Å². The molecule has 1 aliphatic heterocycles. The third-order valence-corrected chi connectivity index (χ3v) is 3.37. The second-order valence-electron chi connectivity index (χ2n) is 5.58. The van der Waals surface area contributed by atoms with Crippen molar-refractivity contribution >= 4 is 5.97 Å². The average molecular weight is 266 g/mol. The van der Waals surface area contributed by atoms with E-state index in [1.54, 1.807) is 6.07 Å². The Hall–Kier alpha value is -1.33. The van der Waals surface area contributed by atoms with Gasteiger partial charge in [0.05, 0.1) is 12.1 Å². The summed E-state index contributed by atoms with van der Waals surface area (Å²) in [5.74, 6) is 0.501. The molecule has 2 heterocycles. The Labute approximate surface area is 113 Å². The molecule has 0 saturated carbocycles. The normalized spacial score (nSPS) is 18.1. The first kappa shape index (κ1) is 14.1. The van der Waals surface area contributed by atoms with Crippen LogP contribution in [0.2, 0.25) is 0 Å². The molecule has 106 valence electrons. The molecule has 0 spiro atoms. The van der Waals surface area contributed by atoms with Gasteiger partial charge in [-0.1, -0.05) is 13.8 Å². The number of aromatic carboxylic acids is 1. The van der Waals surface area contributed by atoms with Crippen LogP contribution in [0.5, 0.6) is 0 Å². The van der Waals surface area contributed by atoms with Crippen LogP contribution in [0.3, 0.4) is 0 Å². The van der Waals surface area contributed by atoms with Crippen LogP contribution in [0.15, 0.2) is 16.7 Å². The molecule has 1 fully saturated rings. The summed E-state index contributed by atoms with van der Waals surface area (Å²) in [6.07, 6.45) is 1.31. The van der Waals surface area contributed by atoms with Crippen LogP contribution in [-0.4, -0.2) is 53.6 Å². The molecule has 1 N–H and O–H groups in total. The van der Waals surface area contributed by atoms with Gasteiger partial charge in [0.2, 0.25) is 0 Å². The second-order valence-corrected chi connectivity index (χ2v) is 5.58. The maximum atomic E-state index is 10.8. The summed E-state index contributed by atoms with van der Waals surface area (Å²) in [7, 11) is 0. The van der Waals surface area contributed by atoms with Crippen molar-refractivity contribution in [1.29, 1.82) is 0 Å². The van der Waals surface area contributed by atoms with Gasteiger partial charge in [0.1, 0.15) is 12.0 Å². The highest BCUT2D eigenvalue weighted by Crippen LogP contribution is 2.13. The van der Waals surface area contributed by atoms with Gasteiger partial charge in [-0.3, -0.25) is 4.90 Å². The van der Waals surface area contributed by atoms with E-state index in [1.165, 1.54) is 6.26 Å². The molecule has 19 heavy (non-hydrogen) atoms. The molecular weight excluding hydrogens is 244 g/mol. The van der Waals surface area contributed by atoms with Gasteiger partial charge in [0, 0.05) is 32.7 Å². The maximum absolute atomic E-state index is 10.8. The first-order valence-electron chi connectivity index (χ1n) is 6.80. The molecule has 0 unspecified atom stereocenters. The van der Waals surface area contributed by atoms with E-state index < -0.39 is 5.97 Å². The van der Waals surface area contributed by atoms with E-state index in [0.29, 0.717) is 12.5 Å². The van der Waals surface area contributed by atoms with Gasteiger partial charge < -0.3 is 14.4 Å². The Morgan fingerprint density at radius 2 is 1.95 bits per heavy atom. The third kappa shape index (κ3) is 4.08. The molecule has 1 saturated heterocycles. The summed E-state index contributed by atoms with van der Waals surface area (Å²) in [5, 5.41) is 8.84. The highest BCUT2D eigenvalue weighted by atomic mass is 16.4. The fraction of sp³-hybridized carbons (Fsp3) is 0.643. The molecule has 1 aromatic heterocycles. The number of nitrogens with zero attached hydrogens (tertiary/aromatic N) is 2. The summed E-state index contributed by atoms with van der Waals surface area (Å²) in [6, 6.07) is 1.61. The summed E-state index contributed by atoms with van der Waals surface area (Å²) >= 11 is 0. The van der Waals surface area contributed by atoms with Gasteiger partial charge in [-0.25, -0.2) is 4.79 Å². The number of carboxylic acid groups (broad SMARTS) is 1. The molecule has 0 amide bonds. The van der Waals surface area contributed by atoms with Crippen LogP contribution in [0.4, 0.5) is 0 Å². The van der Waals surface area contributed by atoms with E-state index in [-0.39, 0.29) is 5.56 Å². The van der Waals surface area contributed by atoms with Crippen molar-refractivity contribution in [2.75, 3.05) is 32.7 Å². The van der Waals surface area contributed by atoms with Gasteiger partial charge in [0.25, 0.3) is 0 Å². The van der Waals surface area contributed by atoms with Crippen molar-refractivity contribution in [3.63, 3.8) is 0 Å². The van der Waals surface area contributed by atoms with Crippen LogP contribution in [-0.2, 0) is 6.54 Å². The SMILES string of the molecule is CC(C)CN1CCN(Cc2cc(C(=O)O)co2)CC1. The van der Waals surface area contributed by atoms with E-state index in [1.807, 2.05) is 0 Å². The molecule has 1 aromatic rings. The molecule has 5 heteroatoms. The second kappa shape index (κ2) is 6.21. The number of carboxylic acids is 1. The average Bonchev–Trinajstić information content (AvgIpc) is 2.80. The predicted octanol–water partition coefficient (Wildman–Crippen LogP) is 1.75. The van der Waals surface area contributed by atoms with E-state index in [0.717, 1.165) is 38.5 Å². The zero-order valence-corrected chi connectivity index (χ0v) is 11.6. The molecular formula is C14H22N2O3. The number of carbonyl (C=O) groups is 1. The van der Waals surface area contributed by atoms with Crippen molar-refractivity contribution < 1.29 is 14.3 Å². The fourth-order valence-corrected chi connectivity index (χ4v) is 2.44. The molecule has 1 aliphatic rings. The molecule has 0 aliphatic carbocycles.